The third kappa shape index (κ3) is 4.63. The van der Waals surface area contributed by atoms with Crippen molar-refractivity contribution >= 4 is 27.8 Å². The summed E-state index contributed by atoms with van der Waals surface area (Å²) in [5.74, 6) is -1.70. The number of carboxylic acid groups (broad SMARTS) is 1. The van der Waals surface area contributed by atoms with Crippen LogP contribution in [-0.2, 0) is 21.5 Å². The van der Waals surface area contributed by atoms with Gasteiger partial charge in [0.15, 0.2) is 0 Å². The second-order valence-electron chi connectivity index (χ2n) is 4.43. The Balaban J connectivity index is 2.86. The van der Waals surface area contributed by atoms with Crippen LogP contribution in [0.1, 0.15) is 12.0 Å². The molecule has 0 aromatic heterocycles. The van der Waals surface area contributed by atoms with Crippen LogP contribution in [0.3, 0.4) is 0 Å². The lowest BCUT2D eigenvalue weighted by atomic mass is 10.2. The topological polar surface area (TPSA) is 77.9 Å². The van der Waals surface area contributed by atoms with Crippen LogP contribution >= 0.6 is 11.6 Å². The molecule has 1 rings (SSSR count). The van der Waals surface area contributed by atoms with Crippen LogP contribution in [0.2, 0.25) is 5.02 Å². The first-order chi connectivity index (χ1) is 9.66. The number of hydrogen-bond acceptors (Lipinski definition) is 3. The van der Waals surface area contributed by atoms with E-state index in [-0.39, 0.29) is 30.1 Å². The molecule has 0 atom stereocenters. The first-order valence-electron chi connectivity index (χ1n) is 5.98. The van der Waals surface area contributed by atoms with Gasteiger partial charge in [0.25, 0.3) is 10.2 Å². The molecule has 0 heterocycles. The number of nitrogens with zero attached hydrogens (tertiary/aromatic N) is 2. The van der Waals surface area contributed by atoms with E-state index in [1.165, 1.54) is 32.3 Å². The van der Waals surface area contributed by atoms with Crippen LogP contribution in [0.15, 0.2) is 18.2 Å². The third-order valence-electron chi connectivity index (χ3n) is 2.87. The van der Waals surface area contributed by atoms with Crippen LogP contribution < -0.4 is 0 Å². The molecular formula is C12H16ClFN2O4S. The zero-order chi connectivity index (χ0) is 16.2. The van der Waals surface area contributed by atoms with Gasteiger partial charge < -0.3 is 5.11 Å². The summed E-state index contributed by atoms with van der Waals surface area (Å²) in [6, 6.07) is 4.08. The van der Waals surface area contributed by atoms with Gasteiger partial charge in [-0.2, -0.15) is 17.0 Å². The molecule has 0 bridgehead atoms. The molecule has 0 spiro atoms. The largest absolute Gasteiger partial charge is 0.481 e. The Labute approximate surface area is 127 Å². The highest BCUT2D eigenvalue weighted by atomic mass is 35.5. The van der Waals surface area contributed by atoms with Gasteiger partial charge in [-0.25, -0.2) is 4.39 Å². The van der Waals surface area contributed by atoms with E-state index in [0.717, 1.165) is 8.61 Å². The number of carbonyl (C=O) groups is 1. The second-order valence-corrected chi connectivity index (χ2v) is 6.98. The second kappa shape index (κ2) is 7.17. The average Bonchev–Trinajstić information content (AvgIpc) is 2.39. The lowest BCUT2D eigenvalue weighted by Gasteiger charge is -2.24. The summed E-state index contributed by atoms with van der Waals surface area (Å²) in [6.45, 7) is -0.418. The summed E-state index contributed by atoms with van der Waals surface area (Å²) < 4.78 is 39.8. The van der Waals surface area contributed by atoms with Crippen molar-refractivity contribution in [1.29, 1.82) is 0 Å². The molecule has 0 unspecified atom stereocenters. The number of carboxylic acids is 1. The van der Waals surface area contributed by atoms with Crippen molar-refractivity contribution in [3.05, 3.63) is 34.6 Å². The number of aliphatic carboxylic acids is 1. The van der Waals surface area contributed by atoms with Gasteiger partial charge >= 0.3 is 5.97 Å². The lowest BCUT2D eigenvalue weighted by molar-refractivity contribution is -0.137. The molecule has 0 aliphatic heterocycles. The number of benzene rings is 1. The molecule has 21 heavy (non-hydrogen) atoms. The molecule has 0 saturated carbocycles. The van der Waals surface area contributed by atoms with Crippen LogP contribution in [0.25, 0.3) is 0 Å². The van der Waals surface area contributed by atoms with E-state index in [0.29, 0.717) is 0 Å². The summed E-state index contributed by atoms with van der Waals surface area (Å²) in [5.41, 5.74) is 0.0666. The molecule has 1 N–H and O–H groups in total. The van der Waals surface area contributed by atoms with Gasteiger partial charge in [-0.15, -0.1) is 0 Å². The van der Waals surface area contributed by atoms with Crippen molar-refractivity contribution in [1.82, 2.24) is 8.61 Å². The third-order valence-corrected chi connectivity index (χ3v) is 5.11. The van der Waals surface area contributed by atoms with Crippen molar-refractivity contribution in [2.75, 3.05) is 20.6 Å². The number of rotatable bonds is 7. The Hall–Kier alpha value is -1.22. The van der Waals surface area contributed by atoms with E-state index in [2.05, 4.69) is 0 Å². The molecular weight excluding hydrogens is 323 g/mol. The fourth-order valence-electron chi connectivity index (χ4n) is 1.59. The maximum atomic E-state index is 13.7. The van der Waals surface area contributed by atoms with Crippen LogP contribution in [0.5, 0.6) is 0 Å². The highest BCUT2D eigenvalue weighted by molar-refractivity contribution is 7.86. The normalized spacial score (nSPS) is 12.1. The van der Waals surface area contributed by atoms with Crippen molar-refractivity contribution in [2.24, 2.45) is 0 Å². The van der Waals surface area contributed by atoms with Gasteiger partial charge in [-0.3, -0.25) is 4.79 Å². The highest BCUT2D eigenvalue weighted by Crippen LogP contribution is 2.21. The molecule has 0 fully saturated rings. The fourth-order valence-corrected chi connectivity index (χ4v) is 2.91. The zero-order valence-corrected chi connectivity index (χ0v) is 13.2. The minimum absolute atomic E-state index is 0.0666. The van der Waals surface area contributed by atoms with E-state index in [1.54, 1.807) is 0 Å². The van der Waals surface area contributed by atoms with Gasteiger partial charge in [0, 0.05) is 37.8 Å². The summed E-state index contributed by atoms with van der Waals surface area (Å²) in [7, 11) is -1.35. The van der Waals surface area contributed by atoms with Gasteiger partial charge in [0.05, 0.1) is 6.42 Å². The number of halogens is 2. The van der Waals surface area contributed by atoms with Crippen LogP contribution in [0, 0.1) is 5.82 Å². The molecule has 1 aromatic carbocycles. The maximum Gasteiger partial charge on any atom is 0.304 e. The monoisotopic (exact) mass is 338 g/mol. The van der Waals surface area contributed by atoms with E-state index >= 15 is 0 Å². The smallest absolute Gasteiger partial charge is 0.304 e. The fraction of sp³-hybridized carbons (Fsp3) is 0.417. The maximum absolute atomic E-state index is 13.7. The molecule has 9 heteroatoms. The Morgan fingerprint density at radius 3 is 2.48 bits per heavy atom. The first kappa shape index (κ1) is 17.8. The average molecular weight is 339 g/mol. The van der Waals surface area contributed by atoms with Gasteiger partial charge in [0.1, 0.15) is 5.82 Å². The predicted molar refractivity (Wildman–Crippen MR) is 76.7 cm³/mol. The molecule has 0 radical (unpaired) electrons. The van der Waals surface area contributed by atoms with E-state index in [1.807, 2.05) is 0 Å². The Morgan fingerprint density at radius 1 is 1.33 bits per heavy atom. The minimum Gasteiger partial charge on any atom is -0.481 e. The molecule has 6 nitrogen and oxygen atoms in total. The molecule has 1 aromatic rings. The van der Waals surface area contributed by atoms with Crippen molar-refractivity contribution in [3.8, 4) is 0 Å². The van der Waals surface area contributed by atoms with Gasteiger partial charge in [0.2, 0.25) is 0 Å². The molecule has 118 valence electrons. The van der Waals surface area contributed by atoms with Crippen molar-refractivity contribution in [3.63, 3.8) is 0 Å². The Bertz CT molecular complexity index is 603. The Kier molecular flexibility index (Phi) is 6.09. The summed E-state index contributed by atoms with van der Waals surface area (Å²) in [4.78, 5) is 10.5. The quantitative estimate of drug-likeness (QED) is 0.818. The molecule has 0 saturated heterocycles. The standard InChI is InChI=1S/C12H16ClFN2O4S/c1-15(7-6-12(17)18)21(19,20)16(2)8-9-10(13)4-3-5-11(9)14/h3-5H,6-8H2,1-2H3,(H,17,18). The SMILES string of the molecule is CN(CCC(=O)O)S(=O)(=O)N(C)Cc1c(F)cccc1Cl. The minimum atomic E-state index is -3.89. The summed E-state index contributed by atoms with van der Waals surface area (Å²) in [5, 5.41) is 8.70. The van der Waals surface area contributed by atoms with Crippen LogP contribution in [-0.4, -0.2) is 48.7 Å². The van der Waals surface area contributed by atoms with Crippen molar-refractivity contribution in [2.45, 2.75) is 13.0 Å². The van der Waals surface area contributed by atoms with Crippen LogP contribution in [0.4, 0.5) is 4.39 Å². The molecule has 0 amide bonds. The first-order valence-corrected chi connectivity index (χ1v) is 7.76. The lowest BCUT2D eigenvalue weighted by Crippen LogP contribution is -2.40. The Morgan fingerprint density at radius 2 is 1.95 bits per heavy atom. The highest BCUT2D eigenvalue weighted by Gasteiger charge is 2.25. The van der Waals surface area contributed by atoms with E-state index < -0.39 is 22.0 Å². The summed E-state index contributed by atoms with van der Waals surface area (Å²) in [6.07, 6.45) is -0.315. The molecule has 0 aliphatic carbocycles. The van der Waals surface area contributed by atoms with Gasteiger partial charge in [-0.1, -0.05) is 17.7 Å². The molecule has 0 aliphatic rings. The van der Waals surface area contributed by atoms with E-state index in [9.17, 15) is 17.6 Å². The summed E-state index contributed by atoms with van der Waals surface area (Å²) >= 11 is 5.85. The zero-order valence-electron chi connectivity index (χ0n) is 11.6. The van der Waals surface area contributed by atoms with Gasteiger partial charge in [-0.05, 0) is 12.1 Å². The van der Waals surface area contributed by atoms with Crippen molar-refractivity contribution < 1.29 is 22.7 Å². The number of hydrogen-bond donors (Lipinski definition) is 1. The predicted octanol–water partition coefficient (Wildman–Crippen LogP) is 1.56. The van der Waals surface area contributed by atoms with E-state index in [4.69, 9.17) is 16.7 Å².